The first-order valence-corrected chi connectivity index (χ1v) is 12.8. The van der Waals surface area contributed by atoms with Gasteiger partial charge >= 0.3 is 0 Å². The molecule has 182 valence electrons. The van der Waals surface area contributed by atoms with Gasteiger partial charge in [0.05, 0.1) is 0 Å². The van der Waals surface area contributed by atoms with Crippen LogP contribution < -0.4 is 15.2 Å². The first-order valence-electron chi connectivity index (χ1n) is 12.8. The maximum Gasteiger partial charge on any atom is 0.119 e. The summed E-state index contributed by atoms with van der Waals surface area (Å²) in [4.78, 5) is 0. The Hall–Kier alpha value is -3.82. The van der Waals surface area contributed by atoms with Crippen molar-refractivity contribution in [2.24, 2.45) is 11.7 Å². The van der Waals surface area contributed by atoms with E-state index in [4.69, 9.17) is 15.2 Å². The molecule has 4 aromatic carbocycles. The Kier molecular flexibility index (Phi) is 7.80. The van der Waals surface area contributed by atoms with Crippen LogP contribution in [0.15, 0.2) is 109 Å². The highest BCUT2D eigenvalue weighted by Crippen LogP contribution is 2.45. The lowest BCUT2D eigenvalue weighted by molar-refractivity contribution is 0.306. The van der Waals surface area contributed by atoms with Crippen molar-refractivity contribution < 1.29 is 9.47 Å². The van der Waals surface area contributed by atoms with Crippen LogP contribution in [0.5, 0.6) is 11.5 Å². The fourth-order valence-corrected chi connectivity index (χ4v) is 4.73. The van der Waals surface area contributed by atoms with E-state index >= 15 is 0 Å². The molecule has 5 rings (SSSR count). The zero-order valence-corrected chi connectivity index (χ0v) is 20.6. The minimum absolute atomic E-state index is 0.505. The Morgan fingerprint density at radius 3 is 1.72 bits per heavy atom. The third-order valence-corrected chi connectivity index (χ3v) is 6.79. The molecule has 3 heteroatoms. The fraction of sp³-hybridized carbons (Fsp3) is 0.212. The number of allylic oxidation sites excluding steroid dienone is 1. The van der Waals surface area contributed by atoms with Gasteiger partial charge in [-0.3, -0.25) is 0 Å². The van der Waals surface area contributed by atoms with Gasteiger partial charge in [0.2, 0.25) is 0 Å². The molecule has 3 nitrogen and oxygen atoms in total. The van der Waals surface area contributed by atoms with Crippen LogP contribution >= 0.6 is 0 Å². The highest BCUT2D eigenvalue weighted by atomic mass is 16.5. The average Bonchev–Trinajstić information content (AvgIpc) is 2.92. The number of rotatable bonds is 10. The third-order valence-electron chi connectivity index (χ3n) is 6.79. The zero-order valence-electron chi connectivity index (χ0n) is 20.6. The van der Waals surface area contributed by atoms with Crippen LogP contribution in [0.2, 0.25) is 0 Å². The number of hydrogen-bond acceptors (Lipinski definition) is 3. The average molecular weight is 476 g/mol. The molecule has 1 saturated carbocycles. The van der Waals surface area contributed by atoms with Crippen molar-refractivity contribution in [1.82, 2.24) is 0 Å². The van der Waals surface area contributed by atoms with Gasteiger partial charge in [-0.15, -0.1) is 0 Å². The second-order valence-electron chi connectivity index (χ2n) is 9.24. The maximum absolute atomic E-state index is 6.07. The summed E-state index contributed by atoms with van der Waals surface area (Å²) in [5, 5.41) is 0. The molecule has 0 saturated heterocycles. The summed E-state index contributed by atoms with van der Waals surface area (Å²) in [5.41, 5.74) is 13.2. The van der Waals surface area contributed by atoms with Crippen LogP contribution in [-0.2, 0) is 6.61 Å². The highest BCUT2D eigenvalue weighted by Gasteiger charge is 2.27. The molecule has 1 aliphatic rings. The van der Waals surface area contributed by atoms with Crippen molar-refractivity contribution in [3.05, 3.63) is 131 Å². The summed E-state index contributed by atoms with van der Waals surface area (Å²) >= 11 is 0. The lowest BCUT2D eigenvalue weighted by atomic mass is 9.73. The van der Waals surface area contributed by atoms with Crippen molar-refractivity contribution in [3.63, 3.8) is 0 Å². The van der Waals surface area contributed by atoms with Crippen molar-refractivity contribution in [2.75, 3.05) is 13.2 Å². The molecule has 0 aromatic heterocycles. The largest absolute Gasteiger partial charge is 0.492 e. The van der Waals surface area contributed by atoms with E-state index in [9.17, 15) is 0 Å². The predicted octanol–water partition coefficient (Wildman–Crippen LogP) is 7.36. The van der Waals surface area contributed by atoms with Gasteiger partial charge in [0.1, 0.15) is 24.7 Å². The van der Waals surface area contributed by atoms with Gasteiger partial charge in [-0.25, -0.2) is 0 Å². The Morgan fingerprint density at radius 2 is 1.19 bits per heavy atom. The van der Waals surface area contributed by atoms with Gasteiger partial charge in [-0.2, -0.15) is 0 Å². The van der Waals surface area contributed by atoms with Gasteiger partial charge in [0.25, 0.3) is 0 Å². The zero-order chi connectivity index (χ0) is 24.6. The molecule has 0 bridgehead atoms. The molecule has 4 aromatic rings. The molecule has 0 unspecified atom stereocenters. The van der Waals surface area contributed by atoms with Crippen LogP contribution in [-0.4, -0.2) is 13.2 Å². The monoisotopic (exact) mass is 475 g/mol. The second-order valence-corrected chi connectivity index (χ2v) is 9.24. The van der Waals surface area contributed by atoms with E-state index < -0.39 is 0 Å². The lowest BCUT2D eigenvalue weighted by Crippen LogP contribution is -2.15. The topological polar surface area (TPSA) is 44.5 Å². The molecule has 0 aliphatic heterocycles. The molecule has 0 amide bonds. The Morgan fingerprint density at radius 1 is 0.639 bits per heavy atom. The van der Waals surface area contributed by atoms with Crippen molar-refractivity contribution in [2.45, 2.75) is 25.9 Å². The van der Waals surface area contributed by atoms with E-state index in [1.807, 2.05) is 30.3 Å². The lowest BCUT2D eigenvalue weighted by Gasteiger charge is -2.31. The molecule has 0 radical (unpaired) electrons. The molecule has 2 N–H and O–H groups in total. The fourth-order valence-electron chi connectivity index (χ4n) is 4.73. The van der Waals surface area contributed by atoms with E-state index in [1.54, 1.807) is 0 Å². The van der Waals surface area contributed by atoms with E-state index in [1.165, 1.54) is 47.1 Å². The SMILES string of the molecule is NCCOc1ccc(/C(=C(\c2ccccc2)C2CCC2)c2ccc(OCc3ccccc3)cc2)cc1. The summed E-state index contributed by atoms with van der Waals surface area (Å²) in [7, 11) is 0. The number of benzene rings is 4. The van der Waals surface area contributed by atoms with Crippen molar-refractivity contribution >= 4 is 11.1 Å². The van der Waals surface area contributed by atoms with Gasteiger partial charge in [0.15, 0.2) is 0 Å². The summed E-state index contributed by atoms with van der Waals surface area (Å²) in [5.74, 6) is 2.28. The number of hydrogen-bond donors (Lipinski definition) is 1. The second kappa shape index (κ2) is 11.7. The first kappa shape index (κ1) is 23.9. The van der Waals surface area contributed by atoms with Crippen LogP contribution in [0.25, 0.3) is 11.1 Å². The molecule has 0 atom stereocenters. The van der Waals surface area contributed by atoms with Crippen LogP contribution in [0.1, 0.15) is 41.5 Å². The summed E-state index contributed by atoms with van der Waals surface area (Å²) < 4.78 is 11.8. The third kappa shape index (κ3) is 5.69. The summed E-state index contributed by atoms with van der Waals surface area (Å²) in [6.07, 6.45) is 3.74. The van der Waals surface area contributed by atoms with Gasteiger partial charge in [-0.05, 0) is 76.4 Å². The van der Waals surface area contributed by atoms with Crippen molar-refractivity contribution in [1.29, 1.82) is 0 Å². The molecule has 1 aliphatic carbocycles. The molecular formula is C33H33NO2. The van der Waals surface area contributed by atoms with Crippen LogP contribution in [0.4, 0.5) is 0 Å². The normalized spacial score (nSPS) is 14.0. The molecule has 36 heavy (non-hydrogen) atoms. The van der Waals surface area contributed by atoms with E-state index in [-0.39, 0.29) is 0 Å². The molecule has 0 spiro atoms. The van der Waals surface area contributed by atoms with Crippen LogP contribution in [0.3, 0.4) is 0 Å². The standard InChI is InChI=1S/C33H33NO2/c34-22-23-35-30-18-14-28(15-19-30)33(32(27-12-7-13-27)26-10-5-2-6-11-26)29-16-20-31(21-17-29)36-24-25-8-3-1-4-9-25/h1-6,8-11,14-21,27H,7,12-13,22-24,34H2/b33-32-. The quantitative estimate of drug-likeness (QED) is 0.244. The summed E-state index contributed by atoms with van der Waals surface area (Å²) in [6, 6.07) is 38.1. The number of nitrogens with two attached hydrogens (primary N) is 1. The molecule has 0 heterocycles. The van der Waals surface area contributed by atoms with Crippen molar-refractivity contribution in [3.8, 4) is 11.5 Å². The van der Waals surface area contributed by atoms with E-state index in [2.05, 4.69) is 78.9 Å². The Bertz CT molecular complexity index is 1260. The Labute approximate surface area is 214 Å². The van der Waals surface area contributed by atoms with E-state index in [0.717, 1.165) is 17.1 Å². The smallest absolute Gasteiger partial charge is 0.119 e. The van der Waals surface area contributed by atoms with Crippen LogP contribution in [0, 0.1) is 5.92 Å². The predicted molar refractivity (Wildman–Crippen MR) is 148 cm³/mol. The first-order chi connectivity index (χ1) is 17.8. The summed E-state index contributed by atoms with van der Waals surface area (Å²) in [6.45, 7) is 1.58. The maximum atomic E-state index is 6.07. The molecular weight excluding hydrogens is 442 g/mol. The van der Waals surface area contributed by atoms with Gasteiger partial charge < -0.3 is 15.2 Å². The minimum Gasteiger partial charge on any atom is -0.492 e. The molecule has 1 fully saturated rings. The highest BCUT2D eigenvalue weighted by molar-refractivity contribution is 5.99. The number of ether oxygens (including phenoxy) is 2. The van der Waals surface area contributed by atoms with E-state index in [0.29, 0.717) is 25.7 Å². The Balaban J connectivity index is 1.52. The van der Waals surface area contributed by atoms with Gasteiger partial charge in [0, 0.05) is 6.54 Å². The van der Waals surface area contributed by atoms with Gasteiger partial charge in [-0.1, -0.05) is 91.3 Å². The minimum atomic E-state index is 0.505.